The fourth-order valence-electron chi connectivity index (χ4n) is 4.22. The maximum atomic E-state index is 13.1. The van der Waals surface area contributed by atoms with Crippen LogP contribution in [-0.2, 0) is 22.9 Å². The van der Waals surface area contributed by atoms with E-state index in [4.69, 9.17) is 0 Å². The van der Waals surface area contributed by atoms with Gasteiger partial charge in [-0.05, 0) is 50.3 Å². The molecule has 0 aliphatic heterocycles. The Bertz CT molecular complexity index is 1250. The number of hydrogen-bond acceptors (Lipinski definition) is 7. The molecule has 4 rings (SSSR count). The van der Waals surface area contributed by atoms with Gasteiger partial charge >= 0.3 is 0 Å². The van der Waals surface area contributed by atoms with Gasteiger partial charge in [-0.2, -0.15) is 5.10 Å². The van der Waals surface area contributed by atoms with Crippen molar-refractivity contribution in [3.05, 3.63) is 47.8 Å². The molecule has 3 N–H and O–H groups in total. The zero-order valence-corrected chi connectivity index (χ0v) is 19.6. The minimum absolute atomic E-state index is 0.0550. The van der Waals surface area contributed by atoms with Crippen molar-refractivity contribution in [1.82, 2.24) is 20.1 Å². The number of aryl methyl sites for hydroxylation is 1. The summed E-state index contributed by atoms with van der Waals surface area (Å²) in [6.45, 7) is 2.89. The third kappa shape index (κ3) is 5.17. The Hall–Kier alpha value is -2.98. The summed E-state index contributed by atoms with van der Waals surface area (Å²) in [5.41, 5.74) is 2.56. The Morgan fingerprint density at radius 1 is 1.21 bits per heavy atom. The lowest BCUT2D eigenvalue weighted by Crippen LogP contribution is -2.31. The van der Waals surface area contributed by atoms with E-state index < -0.39 is 9.84 Å². The van der Waals surface area contributed by atoms with Crippen molar-refractivity contribution in [2.75, 3.05) is 11.6 Å². The van der Waals surface area contributed by atoms with Crippen LogP contribution in [0.3, 0.4) is 0 Å². The Morgan fingerprint density at radius 2 is 1.97 bits per heavy atom. The molecule has 9 nitrogen and oxygen atoms in total. The summed E-state index contributed by atoms with van der Waals surface area (Å²) in [6.07, 6.45) is 7.34. The van der Waals surface area contributed by atoms with Crippen molar-refractivity contribution in [3.63, 3.8) is 0 Å². The number of carbonyl (C=O) groups excluding carboxylic acids is 1. The van der Waals surface area contributed by atoms with E-state index in [-0.39, 0.29) is 29.5 Å². The molecule has 10 heteroatoms. The number of sulfone groups is 1. The predicted molar refractivity (Wildman–Crippen MR) is 126 cm³/mol. The van der Waals surface area contributed by atoms with Gasteiger partial charge in [-0.3, -0.25) is 4.79 Å². The largest absolute Gasteiger partial charge is 0.393 e. The van der Waals surface area contributed by atoms with Crippen LogP contribution in [0.15, 0.2) is 41.6 Å². The highest BCUT2D eigenvalue weighted by atomic mass is 32.2. The lowest BCUT2D eigenvalue weighted by Gasteiger charge is -2.28. The molecular formula is C23H29N5O4S. The number of nitrogens with one attached hydrogen (secondary N) is 2. The number of aliphatic hydroxyl groups excluding tert-OH is 1. The number of pyridine rings is 1. The zero-order chi connectivity index (χ0) is 23.6. The number of rotatable bonds is 7. The number of hydrogen-bond donors (Lipinski definition) is 3. The summed E-state index contributed by atoms with van der Waals surface area (Å²) >= 11 is 0. The van der Waals surface area contributed by atoms with Gasteiger partial charge < -0.3 is 15.7 Å². The smallest absolute Gasteiger partial charge is 0.255 e. The molecule has 0 saturated heterocycles. The van der Waals surface area contributed by atoms with Gasteiger partial charge in [0.15, 0.2) is 15.5 Å². The average Bonchev–Trinajstić information content (AvgIpc) is 3.21. The Kier molecular flexibility index (Phi) is 6.66. The number of aromatic nitrogens is 3. The number of fused-ring (bicyclic) bond motifs is 1. The summed E-state index contributed by atoms with van der Waals surface area (Å²) in [5, 5.41) is 21.6. The molecule has 0 spiro atoms. The van der Waals surface area contributed by atoms with Crippen LogP contribution in [-0.4, -0.2) is 52.6 Å². The van der Waals surface area contributed by atoms with Gasteiger partial charge in [0, 0.05) is 31.6 Å². The SMILES string of the molecule is CCn1ncc2c(NC3CCCC(O)C3)c(C(=O)NCc3ccc(S(C)(=O)=O)cc3)cnc21. The average molecular weight is 472 g/mol. The van der Waals surface area contributed by atoms with Crippen molar-refractivity contribution in [2.45, 2.75) is 62.7 Å². The maximum absolute atomic E-state index is 13.1. The molecule has 1 saturated carbocycles. The van der Waals surface area contributed by atoms with E-state index >= 15 is 0 Å². The number of benzene rings is 1. The molecule has 1 amide bonds. The number of anilines is 1. The van der Waals surface area contributed by atoms with Crippen LogP contribution < -0.4 is 10.6 Å². The van der Waals surface area contributed by atoms with Gasteiger partial charge in [-0.15, -0.1) is 0 Å². The molecule has 2 atom stereocenters. The first-order valence-corrected chi connectivity index (χ1v) is 13.0. The van der Waals surface area contributed by atoms with Crippen molar-refractivity contribution in [2.24, 2.45) is 0 Å². The van der Waals surface area contributed by atoms with Gasteiger partial charge in [-0.1, -0.05) is 12.1 Å². The molecule has 1 fully saturated rings. The Balaban J connectivity index is 1.58. The van der Waals surface area contributed by atoms with Gasteiger partial charge in [0.1, 0.15) is 0 Å². The molecule has 1 aliphatic carbocycles. The summed E-state index contributed by atoms with van der Waals surface area (Å²) in [7, 11) is -3.27. The monoisotopic (exact) mass is 471 g/mol. The fraction of sp³-hybridized carbons (Fsp3) is 0.435. The molecule has 0 bridgehead atoms. The highest BCUT2D eigenvalue weighted by molar-refractivity contribution is 7.90. The third-order valence-electron chi connectivity index (χ3n) is 6.01. The number of aliphatic hydroxyl groups is 1. The van der Waals surface area contributed by atoms with Crippen LogP contribution in [0.1, 0.15) is 48.5 Å². The van der Waals surface area contributed by atoms with Gasteiger partial charge in [0.25, 0.3) is 5.91 Å². The normalized spacial score (nSPS) is 18.9. The van der Waals surface area contributed by atoms with E-state index in [1.807, 2.05) is 6.92 Å². The van der Waals surface area contributed by atoms with Gasteiger partial charge in [0.05, 0.1) is 33.8 Å². The second kappa shape index (κ2) is 9.48. The van der Waals surface area contributed by atoms with Crippen LogP contribution in [0.25, 0.3) is 11.0 Å². The molecule has 2 aromatic heterocycles. The Labute approximate surface area is 193 Å². The lowest BCUT2D eigenvalue weighted by atomic mass is 9.92. The first kappa shape index (κ1) is 23.2. The highest BCUT2D eigenvalue weighted by Crippen LogP contribution is 2.30. The predicted octanol–water partition coefficient (Wildman–Crippen LogP) is 2.50. The fourth-order valence-corrected chi connectivity index (χ4v) is 4.85. The first-order valence-electron chi connectivity index (χ1n) is 11.1. The molecule has 0 radical (unpaired) electrons. The van der Waals surface area contributed by atoms with E-state index in [1.165, 1.54) is 12.1 Å². The lowest BCUT2D eigenvalue weighted by molar-refractivity contribution is 0.0951. The number of amides is 1. The number of carbonyl (C=O) groups is 1. The topological polar surface area (TPSA) is 126 Å². The summed E-state index contributed by atoms with van der Waals surface area (Å²) in [4.78, 5) is 17.8. The van der Waals surface area contributed by atoms with Crippen molar-refractivity contribution < 1.29 is 18.3 Å². The first-order chi connectivity index (χ1) is 15.8. The van der Waals surface area contributed by atoms with Crippen molar-refractivity contribution in [1.29, 1.82) is 0 Å². The standard InChI is InChI=1S/C23H29N5O4S/c1-3-28-22-19(14-26-28)21(27-16-5-4-6-17(29)11-16)20(13-24-22)23(30)25-12-15-7-9-18(10-8-15)33(2,31)32/h7-10,13-14,16-17,29H,3-6,11-12H2,1-2H3,(H,24,27)(H,25,30). The molecule has 2 unspecified atom stereocenters. The minimum atomic E-state index is -3.27. The van der Waals surface area contributed by atoms with E-state index in [0.717, 1.165) is 36.5 Å². The second-order valence-corrected chi connectivity index (χ2v) is 10.5. The Morgan fingerprint density at radius 3 is 2.64 bits per heavy atom. The van der Waals surface area contributed by atoms with E-state index in [0.29, 0.717) is 29.9 Å². The third-order valence-corrected chi connectivity index (χ3v) is 7.14. The van der Waals surface area contributed by atoms with Crippen LogP contribution in [0.2, 0.25) is 0 Å². The van der Waals surface area contributed by atoms with Crippen LogP contribution in [0.4, 0.5) is 5.69 Å². The molecule has 3 aromatic rings. The van der Waals surface area contributed by atoms with Crippen LogP contribution in [0, 0.1) is 0 Å². The molecule has 176 valence electrons. The summed E-state index contributed by atoms with van der Waals surface area (Å²) in [6, 6.07) is 6.49. The molecule has 33 heavy (non-hydrogen) atoms. The molecular weight excluding hydrogens is 442 g/mol. The minimum Gasteiger partial charge on any atom is -0.393 e. The number of nitrogens with zero attached hydrogens (tertiary/aromatic N) is 3. The van der Waals surface area contributed by atoms with E-state index in [9.17, 15) is 18.3 Å². The summed E-state index contributed by atoms with van der Waals surface area (Å²) < 4.78 is 25.1. The zero-order valence-electron chi connectivity index (χ0n) is 18.8. The van der Waals surface area contributed by atoms with Crippen LogP contribution >= 0.6 is 0 Å². The van der Waals surface area contributed by atoms with Gasteiger partial charge in [0.2, 0.25) is 0 Å². The summed E-state index contributed by atoms with van der Waals surface area (Å²) in [5.74, 6) is -0.292. The highest BCUT2D eigenvalue weighted by Gasteiger charge is 2.24. The molecule has 1 aliphatic rings. The second-order valence-electron chi connectivity index (χ2n) is 8.50. The van der Waals surface area contributed by atoms with Crippen molar-refractivity contribution >= 4 is 32.5 Å². The maximum Gasteiger partial charge on any atom is 0.255 e. The molecule has 1 aromatic carbocycles. The van der Waals surface area contributed by atoms with E-state index in [2.05, 4.69) is 20.7 Å². The van der Waals surface area contributed by atoms with Crippen molar-refractivity contribution in [3.8, 4) is 0 Å². The molecule has 2 heterocycles. The van der Waals surface area contributed by atoms with E-state index in [1.54, 1.807) is 29.2 Å². The quantitative estimate of drug-likeness (QED) is 0.483. The van der Waals surface area contributed by atoms with Crippen LogP contribution in [0.5, 0.6) is 0 Å². The van der Waals surface area contributed by atoms with Gasteiger partial charge in [-0.25, -0.2) is 18.1 Å².